The van der Waals surface area contributed by atoms with E-state index in [1.54, 1.807) is 0 Å². The van der Waals surface area contributed by atoms with Crippen molar-refractivity contribution in [2.45, 2.75) is 70.4 Å². The van der Waals surface area contributed by atoms with Gasteiger partial charge < -0.3 is 16.3 Å². The Hall–Kier alpha value is -0.740. The fourth-order valence-corrected chi connectivity index (χ4v) is 2.02. The Morgan fingerprint density at radius 2 is 1.44 bits per heavy atom. The lowest BCUT2D eigenvalue weighted by Gasteiger charge is -2.23. The van der Waals surface area contributed by atoms with Gasteiger partial charge in [-0.1, -0.05) is 58.3 Å². The van der Waals surface area contributed by atoms with Crippen molar-refractivity contribution in [1.29, 1.82) is 0 Å². The molecule has 0 aliphatic rings. The van der Waals surface area contributed by atoms with Crippen molar-refractivity contribution in [2.24, 2.45) is 17.4 Å². The minimum Gasteiger partial charge on any atom is -0.307 e. The van der Waals surface area contributed by atoms with Gasteiger partial charge in [-0.3, -0.25) is 4.79 Å². The van der Waals surface area contributed by atoms with Crippen LogP contribution in [0.2, 0.25) is 0 Å². The Kier molecular flexibility index (Phi) is 9.79. The lowest BCUT2D eigenvalue weighted by atomic mass is 9.91. The van der Waals surface area contributed by atoms with Crippen molar-refractivity contribution in [3.63, 3.8) is 0 Å². The number of carbonyl (C=O) groups is 2. The highest BCUT2D eigenvalue weighted by atomic mass is 16.1. The Balaban J connectivity index is 3.58. The highest BCUT2D eigenvalue weighted by molar-refractivity contribution is 5.71. The third-order valence-corrected chi connectivity index (χ3v) is 3.38. The third kappa shape index (κ3) is 7.56. The molecule has 0 aliphatic heterocycles. The van der Waals surface area contributed by atoms with E-state index in [2.05, 4.69) is 6.92 Å². The lowest BCUT2D eigenvalue weighted by molar-refractivity contribution is -0.120. The molecule has 0 aliphatic carbocycles. The zero-order chi connectivity index (χ0) is 13.9. The molecule has 0 amide bonds. The summed E-state index contributed by atoms with van der Waals surface area (Å²) in [6.07, 6.45) is 11.4. The van der Waals surface area contributed by atoms with Crippen molar-refractivity contribution >= 4 is 12.6 Å². The van der Waals surface area contributed by atoms with E-state index in [1.165, 1.54) is 38.5 Å². The predicted molar refractivity (Wildman–Crippen MR) is 74.0 cm³/mol. The predicted octanol–water partition coefficient (Wildman–Crippen LogP) is 2.14. The van der Waals surface area contributed by atoms with Gasteiger partial charge in [-0.25, -0.2) is 0 Å². The van der Waals surface area contributed by atoms with Crippen LogP contribution in [-0.2, 0) is 9.59 Å². The number of hydrogen-bond donors (Lipinski definition) is 2. The fourth-order valence-electron chi connectivity index (χ4n) is 2.02. The van der Waals surface area contributed by atoms with E-state index in [-0.39, 0.29) is 0 Å². The Labute approximate surface area is 110 Å². The maximum atomic E-state index is 10.8. The van der Waals surface area contributed by atoms with E-state index >= 15 is 0 Å². The number of rotatable bonds is 12. The minimum atomic E-state index is -1.50. The normalized spacial score (nSPS) is 13.3. The first kappa shape index (κ1) is 17.3. The van der Waals surface area contributed by atoms with Gasteiger partial charge in [0.2, 0.25) is 0 Å². The largest absolute Gasteiger partial charge is 0.307 e. The van der Waals surface area contributed by atoms with Crippen molar-refractivity contribution < 1.29 is 9.59 Å². The van der Waals surface area contributed by atoms with Crippen LogP contribution in [0.3, 0.4) is 0 Å². The Morgan fingerprint density at radius 3 is 1.89 bits per heavy atom. The van der Waals surface area contributed by atoms with Crippen LogP contribution in [0, 0.1) is 5.92 Å². The fraction of sp³-hybridized carbons (Fsp3) is 0.857. The molecule has 0 fully saturated rings. The van der Waals surface area contributed by atoms with Crippen LogP contribution in [-0.4, -0.2) is 18.2 Å². The highest BCUT2D eigenvalue weighted by Crippen LogP contribution is 2.16. The Morgan fingerprint density at radius 1 is 0.944 bits per heavy atom. The summed E-state index contributed by atoms with van der Waals surface area (Å²) >= 11 is 0. The maximum absolute atomic E-state index is 10.8. The summed E-state index contributed by atoms with van der Waals surface area (Å²) in [5, 5.41) is 0. The van der Waals surface area contributed by atoms with Gasteiger partial charge >= 0.3 is 0 Å². The van der Waals surface area contributed by atoms with Gasteiger partial charge in [0.15, 0.2) is 6.29 Å². The van der Waals surface area contributed by atoms with E-state index in [9.17, 15) is 9.59 Å². The molecule has 0 aromatic rings. The molecule has 0 heterocycles. The molecule has 4 N–H and O–H groups in total. The van der Waals surface area contributed by atoms with Gasteiger partial charge in [-0.15, -0.1) is 0 Å². The molecule has 0 rings (SSSR count). The van der Waals surface area contributed by atoms with Crippen LogP contribution in [0.4, 0.5) is 0 Å². The van der Waals surface area contributed by atoms with Gasteiger partial charge in [0, 0.05) is 0 Å². The molecule has 0 aromatic carbocycles. The minimum absolute atomic E-state index is 0.469. The number of unbranched alkanes of at least 4 members (excludes halogenated alkanes) is 7. The van der Waals surface area contributed by atoms with Crippen LogP contribution in [0.1, 0.15) is 64.7 Å². The van der Waals surface area contributed by atoms with Gasteiger partial charge in [-0.2, -0.15) is 0 Å². The van der Waals surface area contributed by atoms with Gasteiger partial charge in [0.1, 0.15) is 11.9 Å². The average molecular weight is 256 g/mol. The van der Waals surface area contributed by atoms with Crippen LogP contribution in [0.25, 0.3) is 0 Å². The molecule has 4 heteroatoms. The lowest BCUT2D eigenvalue weighted by Crippen LogP contribution is -2.57. The van der Waals surface area contributed by atoms with Crippen molar-refractivity contribution in [1.82, 2.24) is 0 Å². The number of hydrogen-bond acceptors (Lipinski definition) is 4. The van der Waals surface area contributed by atoms with Crippen LogP contribution < -0.4 is 11.5 Å². The summed E-state index contributed by atoms with van der Waals surface area (Å²) in [5.41, 5.74) is 9.59. The van der Waals surface area contributed by atoms with Crippen molar-refractivity contribution in [2.75, 3.05) is 0 Å². The molecule has 0 spiro atoms. The molecule has 1 atom stereocenters. The van der Waals surface area contributed by atoms with E-state index < -0.39 is 11.6 Å². The number of aldehydes is 2. The molecule has 0 saturated heterocycles. The second kappa shape index (κ2) is 10.2. The molecule has 0 bridgehead atoms. The SMILES string of the molecule is CCCCCCCCCCC(C=O)C(N)(N)C=O. The van der Waals surface area contributed by atoms with Crippen molar-refractivity contribution in [3.8, 4) is 0 Å². The topological polar surface area (TPSA) is 86.2 Å². The van der Waals surface area contributed by atoms with E-state index in [1.807, 2.05) is 0 Å². The second-order valence-corrected chi connectivity index (χ2v) is 5.12. The van der Waals surface area contributed by atoms with Gasteiger partial charge in [0.25, 0.3) is 0 Å². The molecular weight excluding hydrogens is 228 g/mol. The monoisotopic (exact) mass is 256 g/mol. The second-order valence-electron chi connectivity index (χ2n) is 5.12. The molecule has 0 radical (unpaired) electrons. The zero-order valence-electron chi connectivity index (χ0n) is 11.6. The zero-order valence-corrected chi connectivity index (χ0v) is 11.6. The maximum Gasteiger partial charge on any atom is 0.154 e. The molecule has 106 valence electrons. The quantitative estimate of drug-likeness (QED) is 0.318. The smallest absolute Gasteiger partial charge is 0.154 e. The summed E-state index contributed by atoms with van der Waals surface area (Å²) in [5.74, 6) is -0.560. The Bertz CT molecular complexity index is 230. The van der Waals surface area contributed by atoms with Crippen LogP contribution in [0.5, 0.6) is 0 Å². The van der Waals surface area contributed by atoms with E-state index in [4.69, 9.17) is 11.5 Å². The summed E-state index contributed by atoms with van der Waals surface area (Å²) < 4.78 is 0. The molecule has 0 aromatic heterocycles. The first-order chi connectivity index (χ1) is 8.58. The first-order valence-electron chi connectivity index (χ1n) is 7.07. The standard InChI is InChI=1S/C14H28N2O2/c1-2-3-4-5-6-7-8-9-10-13(11-17)14(15,16)12-18/h11-13H,2-10,15-16H2,1H3. The summed E-state index contributed by atoms with van der Waals surface area (Å²) in [4.78, 5) is 21.5. The summed E-state index contributed by atoms with van der Waals surface area (Å²) in [7, 11) is 0. The highest BCUT2D eigenvalue weighted by Gasteiger charge is 2.29. The van der Waals surface area contributed by atoms with Crippen LogP contribution >= 0.6 is 0 Å². The van der Waals surface area contributed by atoms with Gasteiger partial charge in [-0.05, 0) is 6.42 Å². The average Bonchev–Trinajstić information content (AvgIpc) is 2.36. The van der Waals surface area contributed by atoms with E-state index in [0.717, 1.165) is 12.8 Å². The van der Waals surface area contributed by atoms with Gasteiger partial charge in [0.05, 0.1) is 5.92 Å². The van der Waals surface area contributed by atoms with E-state index in [0.29, 0.717) is 19.0 Å². The third-order valence-electron chi connectivity index (χ3n) is 3.38. The van der Waals surface area contributed by atoms with Crippen molar-refractivity contribution in [3.05, 3.63) is 0 Å². The summed E-state index contributed by atoms with van der Waals surface area (Å²) in [6.45, 7) is 2.21. The number of nitrogens with two attached hydrogens (primary N) is 2. The number of carbonyl (C=O) groups excluding carboxylic acids is 2. The van der Waals surface area contributed by atoms with Crippen LogP contribution in [0.15, 0.2) is 0 Å². The molecule has 0 saturated carbocycles. The first-order valence-corrected chi connectivity index (χ1v) is 7.07. The summed E-state index contributed by atoms with van der Waals surface area (Å²) in [6, 6.07) is 0. The molecular formula is C14H28N2O2. The molecule has 18 heavy (non-hydrogen) atoms. The molecule has 4 nitrogen and oxygen atoms in total. The molecule has 1 unspecified atom stereocenters.